The zero-order valence-electron chi connectivity index (χ0n) is 15.7. The molecule has 0 bridgehead atoms. The standard InChI is InChI=1S/C19H24N4O4/c1-3-26-19(25)23-12-10-22(11-13-23)17(24)9-8-16-20-21-18(27-16)15-7-5-4-6-14(15)2/h4-7H,3,8-13H2,1-2H3. The molecule has 1 saturated heterocycles. The smallest absolute Gasteiger partial charge is 0.409 e. The number of aromatic nitrogens is 2. The lowest BCUT2D eigenvalue weighted by Crippen LogP contribution is -2.50. The maximum Gasteiger partial charge on any atom is 0.409 e. The first-order valence-electron chi connectivity index (χ1n) is 9.16. The van der Waals surface area contributed by atoms with Gasteiger partial charge in [0, 0.05) is 44.6 Å². The lowest BCUT2D eigenvalue weighted by atomic mass is 10.1. The average Bonchev–Trinajstić information content (AvgIpc) is 3.15. The van der Waals surface area contributed by atoms with Gasteiger partial charge >= 0.3 is 6.09 Å². The Hall–Kier alpha value is -2.90. The van der Waals surface area contributed by atoms with Crippen LogP contribution >= 0.6 is 0 Å². The number of aryl methyl sites for hydroxylation is 2. The second-order valence-electron chi connectivity index (χ2n) is 6.38. The highest BCUT2D eigenvalue weighted by Crippen LogP contribution is 2.22. The maximum atomic E-state index is 12.4. The molecule has 144 valence electrons. The predicted octanol–water partition coefficient (Wildman–Crippen LogP) is 2.28. The van der Waals surface area contributed by atoms with Crippen LogP contribution in [0.2, 0.25) is 0 Å². The summed E-state index contributed by atoms with van der Waals surface area (Å²) < 4.78 is 10.7. The largest absolute Gasteiger partial charge is 0.450 e. The fourth-order valence-corrected chi connectivity index (χ4v) is 3.00. The molecule has 0 N–H and O–H groups in total. The number of hydrogen-bond donors (Lipinski definition) is 0. The van der Waals surface area contributed by atoms with Gasteiger partial charge in [-0.15, -0.1) is 10.2 Å². The summed E-state index contributed by atoms with van der Waals surface area (Å²) in [4.78, 5) is 27.5. The number of amides is 2. The van der Waals surface area contributed by atoms with Crippen LogP contribution in [0.5, 0.6) is 0 Å². The van der Waals surface area contributed by atoms with Crippen molar-refractivity contribution < 1.29 is 18.7 Å². The van der Waals surface area contributed by atoms with Crippen LogP contribution < -0.4 is 0 Å². The molecule has 1 aliphatic rings. The number of piperazine rings is 1. The summed E-state index contributed by atoms with van der Waals surface area (Å²) in [6.45, 7) is 6.11. The molecule has 0 spiro atoms. The molecule has 0 unspecified atom stereocenters. The van der Waals surface area contributed by atoms with E-state index in [0.29, 0.717) is 57.4 Å². The van der Waals surface area contributed by atoms with Crippen molar-refractivity contribution >= 4 is 12.0 Å². The minimum absolute atomic E-state index is 0.0224. The first kappa shape index (κ1) is 18.9. The summed E-state index contributed by atoms with van der Waals surface area (Å²) in [5.74, 6) is 0.944. The molecule has 2 aromatic rings. The molecule has 0 aliphatic carbocycles. The van der Waals surface area contributed by atoms with E-state index >= 15 is 0 Å². The van der Waals surface area contributed by atoms with Crippen molar-refractivity contribution in [2.75, 3.05) is 32.8 Å². The van der Waals surface area contributed by atoms with E-state index in [2.05, 4.69) is 10.2 Å². The molecular formula is C19H24N4O4. The topological polar surface area (TPSA) is 88.8 Å². The van der Waals surface area contributed by atoms with Crippen LogP contribution in [-0.4, -0.2) is 64.8 Å². The Labute approximate surface area is 158 Å². The van der Waals surface area contributed by atoms with Gasteiger partial charge in [-0.1, -0.05) is 18.2 Å². The molecule has 0 radical (unpaired) electrons. The first-order chi connectivity index (χ1) is 13.1. The molecular weight excluding hydrogens is 348 g/mol. The fourth-order valence-electron chi connectivity index (χ4n) is 3.00. The van der Waals surface area contributed by atoms with Crippen molar-refractivity contribution in [2.24, 2.45) is 0 Å². The summed E-state index contributed by atoms with van der Waals surface area (Å²) in [6.07, 6.45) is 0.379. The molecule has 1 fully saturated rings. The average molecular weight is 372 g/mol. The zero-order valence-corrected chi connectivity index (χ0v) is 15.7. The van der Waals surface area contributed by atoms with Gasteiger partial charge in [-0.05, 0) is 25.5 Å². The number of rotatable bonds is 5. The zero-order chi connectivity index (χ0) is 19.2. The Kier molecular flexibility index (Phi) is 6.05. The fraction of sp³-hybridized carbons (Fsp3) is 0.474. The van der Waals surface area contributed by atoms with Crippen LogP contribution in [0.15, 0.2) is 28.7 Å². The first-order valence-corrected chi connectivity index (χ1v) is 9.16. The van der Waals surface area contributed by atoms with E-state index < -0.39 is 0 Å². The van der Waals surface area contributed by atoms with Gasteiger partial charge in [-0.3, -0.25) is 4.79 Å². The summed E-state index contributed by atoms with van der Waals surface area (Å²) >= 11 is 0. The van der Waals surface area contributed by atoms with Crippen LogP contribution in [0, 0.1) is 6.92 Å². The summed E-state index contributed by atoms with van der Waals surface area (Å²) in [5, 5.41) is 8.13. The normalized spacial score (nSPS) is 14.3. The van der Waals surface area contributed by atoms with Crippen molar-refractivity contribution in [3.05, 3.63) is 35.7 Å². The highest BCUT2D eigenvalue weighted by atomic mass is 16.6. The third-order valence-electron chi connectivity index (χ3n) is 4.55. The van der Waals surface area contributed by atoms with Crippen LogP contribution in [0.3, 0.4) is 0 Å². The Morgan fingerprint density at radius 2 is 1.81 bits per heavy atom. The van der Waals surface area contributed by atoms with Crippen molar-refractivity contribution in [3.63, 3.8) is 0 Å². The van der Waals surface area contributed by atoms with E-state index in [-0.39, 0.29) is 12.0 Å². The third kappa shape index (κ3) is 4.64. The minimum atomic E-state index is -0.320. The van der Waals surface area contributed by atoms with Gasteiger partial charge in [0.15, 0.2) is 0 Å². The van der Waals surface area contributed by atoms with Crippen LogP contribution in [0.25, 0.3) is 11.5 Å². The highest BCUT2D eigenvalue weighted by Gasteiger charge is 2.25. The summed E-state index contributed by atoms with van der Waals surface area (Å²) in [6, 6.07) is 7.79. The van der Waals surface area contributed by atoms with E-state index in [1.165, 1.54) is 0 Å². The van der Waals surface area contributed by atoms with Gasteiger partial charge in [0.1, 0.15) is 0 Å². The molecule has 0 saturated carbocycles. The summed E-state index contributed by atoms with van der Waals surface area (Å²) in [7, 11) is 0. The second-order valence-corrected chi connectivity index (χ2v) is 6.38. The number of nitrogens with zero attached hydrogens (tertiary/aromatic N) is 4. The number of benzene rings is 1. The van der Waals surface area contributed by atoms with Crippen molar-refractivity contribution in [1.29, 1.82) is 0 Å². The summed E-state index contributed by atoms with van der Waals surface area (Å²) in [5.41, 5.74) is 1.96. The van der Waals surface area contributed by atoms with Gasteiger partial charge in [0.2, 0.25) is 17.7 Å². The van der Waals surface area contributed by atoms with E-state index in [1.807, 2.05) is 31.2 Å². The number of hydrogen-bond acceptors (Lipinski definition) is 6. The van der Waals surface area contributed by atoms with E-state index in [0.717, 1.165) is 11.1 Å². The van der Waals surface area contributed by atoms with Gasteiger partial charge in [0.05, 0.1) is 6.61 Å². The Morgan fingerprint density at radius 1 is 1.11 bits per heavy atom. The lowest BCUT2D eigenvalue weighted by molar-refractivity contribution is -0.132. The molecule has 8 nitrogen and oxygen atoms in total. The predicted molar refractivity (Wildman–Crippen MR) is 98.0 cm³/mol. The van der Waals surface area contributed by atoms with Crippen LogP contribution in [0.1, 0.15) is 24.8 Å². The Morgan fingerprint density at radius 3 is 2.52 bits per heavy atom. The Balaban J connectivity index is 1.49. The second kappa shape index (κ2) is 8.66. The SMILES string of the molecule is CCOC(=O)N1CCN(C(=O)CCc2nnc(-c3ccccc3C)o2)CC1. The van der Waals surface area contributed by atoms with E-state index in [1.54, 1.807) is 16.7 Å². The molecule has 2 amide bonds. The number of ether oxygens (including phenoxy) is 1. The van der Waals surface area contributed by atoms with Gasteiger partial charge in [0.25, 0.3) is 0 Å². The lowest BCUT2D eigenvalue weighted by Gasteiger charge is -2.34. The van der Waals surface area contributed by atoms with Crippen molar-refractivity contribution in [1.82, 2.24) is 20.0 Å². The molecule has 1 aromatic heterocycles. The molecule has 3 rings (SSSR count). The number of carbonyl (C=O) groups excluding carboxylic acids is 2. The van der Waals surface area contributed by atoms with Gasteiger partial charge in [-0.2, -0.15) is 0 Å². The molecule has 2 heterocycles. The quantitative estimate of drug-likeness (QED) is 0.800. The molecule has 1 aliphatic heterocycles. The highest BCUT2D eigenvalue weighted by molar-refractivity contribution is 5.77. The van der Waals surface area contributed by atoms with E-state index in [9.17, 15) is 9.59 Å². The Bertz CT molecular complexity index is 797. The number of carbonyl (C=O) groups is 2. The third-order valence-corrected chi connectivity index (χ3v) is 4.55. The van der Waals surface area contributed by atoms with Crippen LogP contribution in [-0.2, 0) is 16.0 Å². The molecule has 1 aromatic carbocycles. The molecule has 8 heteroatoms. The monoisotopic (exact) mass is 372 g/mol. The molecule has 27 heavy (non-hydrogen) atoms. The van der Waals surface area contributed by atoms with Gasteiger partial charge < -0.3 is 19.0 Å². The molecule has 0 atom stereocenters. The maximum absolute atomic E-state index is 12.4. The minimum Gasteiger partial charge on any atom is -0.450 e. The van der Waals surface area contributed by atoms with E-state index in [4.69, 9.17) is 9.15 Å². The van der Waals surface area contributed by atoms with Crippen molar-refractivity contribution in [2.45, 2.75) is 26.7 Å². The van der Waals surface area contributed by atoms with Crippen molar-refractivity contribution in [3.8, 4) is 11.5 Å². The van der Waals surface area contributed by atoms with Crippen LogP contribution in [0.4, 0.5) is 4.79 Å². The van der Waals surface area contributed by atoms with Gasteiger partial charge in [-0.25, -0.2) is 4.79 Å².